The smallest absolute Gasteiger partial charge is 0.295 e. The molecular formula is C22H24N8O11. The molecular weight excluding hydrogens is 552 g/mol. The Bertz CT molecular complexity index is 1440. The minimum atomic E-state index is -1.16. The summed E-state index contributed by atoms with van der Waals surface area (Å²) in [6.45, 7) is 3.66. The van der Waals surface area contributed by atoms with Crippen LogP contribution in [0.4, 0.5) is 34.1 Å². The summed E-state index contributed by atoms with van der Waals surface area (Å²) in [5.41, 5.74) is -7.82. The number of amides is 2. The van der Waals surface area contributed by atoms with Gasteiger partial charge in [-0.2, -0.15) is 0 Å². The standard InChI is InChI=1S/C22H24N8O11/c1-3-5-7-23-21(31)19-15(9-13(27(34)35)11-17(19)29(38)39)25-26(33)16-10-14(28(36)37)12-18(30(40)41)20(16)22(32)24-8-6-4-2/h9-12H,3-8H2,1-2H3,(H,23,31)(H,24,32). The van der Waals surface area contributed by atoms with Crippen molar-refractivity contribution in [1.29, 1.82) is 0 Å². The minimum Gasteiger partial charge on any atom is -0.594 e. The number of carbonyl (C=O) groups is 2. The van der Waals surface area contributed by atoms with Crippen molar-refractivity contribution in [2.45, 2.75) is 39.5 Å². The van der Waals surface area contributed by atoms with Crippen LogP contribution < -0.4 is 10.6 Å². The number of hydrogen-bond donors (Lipinski definition) is 2. The number of nitrogens with zero attached hydrogens (tertiary/aromatic N) is 6. The lowest BCUT2D eigenvalue weighted by Crippen LogP contribution is -2.26. The van der Waals surface area contributed by atoms with Crippen LogP contribution in [0.1, 0.15) is 60.2 Å². The Balaban J connectivity index is 2.93. The molecule has 19 heteroatoms. The predicted octanol–water partition coefficient (Wildman–Crippen LogP) is 4.30. The number of nitro groups is 4. The second kappa shape index (κ2) is 14.0. The quantitative estimate of drug-likeness (QED) is 0.105. The summed E-state index contributed by atoms with van der Waals surface area (Å²) in [5, 5.41) is 67.8. The molecule has 0 aromatic heterocycles. The van der Waals surface area contributed by atoms with Crippen molar-refractivity contribution in [1.82, 2.24) is 10.6 Å². The molecule has 0 atom stereocenters. The number of unbranched alkanes of at least 4 members (excludes halogenated alkanes) is 2. The highest BCUT2D eigenvalue weighted by molar-refractivity contribution is 6.04. The van der Waals surface area contributed by atoms with Crippen LogP contribution in [0.25, 0.3) is 0 Å². The van der Waals surface area contributed by atoms with Crippen LogP contribution in [0.15, 0.2) is 29.4 Å². The minimum absolute atomic E-state index is 0.0259. The Kier molecular flexibility index (Phi) is 10.8. The molecule has 2 amide bonds. The SMILES string of the molecule is CCCCNC(=O)c1c(N=[N+]([O-])c2cc([N+](=O)[O-])cc([N+](=O)[O-])c2C(=O)NCCCC)cc([N+](=O)[O-])cc1[N+](=O)[O-]. The van der Waals surface area contributed by atoms with Crippen molar-refractivity contribution >= 4 is 45.9 Å². The van der Waals surface area contributed by atoms with Gasteiger partial charge >= 0.3 is 0 Å². The highest BCUT2D eigenvalue weighted by Gasteiger charge is 2.35. The number of hydrogen-bond acceptors (Lipinski definition) is 12. The maximum atomic E-state index is 13.3. The lowest BCUT2D eigenvalue weighted by Gasteiger charge is -2.10. The Morgan fingerprint density at radius 2 is 1.07 bits per heavy atom. The zero-order valence-corrected chi connectivity index (χ0v) is 21.7. The van der Waals surface area contributed by atoms with Crippen LogP contribution in [0.2, 0.25) is 0 Å². The van der Waals surface area contributed by atoms with Gasteiger partial charge in [-0.25, -0.2) is 0 Å². The highest BCUT2D eigenvalue weighted by atomic mass is 16.6. The fraction of sp³-hybridized carbons (Fsp3) is 0.364. The van der Waals surface area contributed by atoms with E-state index in [2.05, 4.69) is 15.7 Å². The first-order valence-electron chi connectivity index (χ1n) is 12.0. The summed E-state index contributed by atoms with van der Waals surface area (Å²) in [6.07, 6.45) is 2.15. The van der Waals surface area contributed by atoms with Crippen molar-refractivity contribution < 1.29 is 34.1 Å². The molecule has 0 aliphatic rings. The number of nitrogens with one attached hydrogen (secondary N) is 2. The number of benzene rings is 2. The average molecular weight is 576 g/mol. The number of nitro benzene ring substituents is 4. The van der Waals surface area contributed by atoms with Gasteiger partial charge in [-0.3, -0.25) is 50.0 Å². The molecule has 19 nitrogen and oxygen atoms in total. The van der Waals surface area contributed by atoms with Gasteiger partial charge in [0.05, 0.1) is 37.9 Å². The van der Waals surface area contributed by atoms with Crippen molar-refractivity contribution in [2.24, 2.45) is 5.11 Å². The summed E-state index contributed by atoms with van der Waals surface area (Å²) >= 11 is 0. The predicted molar refractivity (Wildman–Crippen MR) is 139 cm³/mol. The molecule has 218 valence electrons. The summed E-state index contributed by atoms with van der Waals surface area (Å²) in [6, 6.07) is 2.01. The van der Waals surface area contributed by atoms with Crippen molar-refractivity contribution in [3.05, 3.63) is 81.1 Å². The Hall–Kier alpha value is -5.62. The van der Waals surface area contributed by atoms with Gasteiger partial charge in [-0.05, 0) is 17.7 Å². The molecule has 2 aromatic rings. The second-order valence-electron chi connectivity index (χ2n) is 8.34. The third-order valence-electron chi connectivity index (χ3n) is 5.47. The zero-order valence-electron chi connectivity index (χ0n) is 21.7. The lowest BCUT2D eigenvalue weighted by molar-refractivity contribution is -0.439. The largest absolute Gasteiger partial charge is 0.594 e. The van der Waals surface area contributed by atoms with E-state index in [-0.39, 0.29) is 13.1 Å². The van der Waals surface area contributed by atoms with Crippen LogP contribution in [-0.4, -0.2) is 49.5 Å². The first kappa shape index (κ1) is 31.6. The molecule has 0 radical (unpaired) electrons. The van der Waals surface area contributed by atoms with E-state index in [1.165, 1.54) is 0 Å². The van der Waals surface area contributed by atoms with Crippen LogP contribution in [0.3, 0.4) is 0 Å². The Morgan fingerprint density at radius 3 is 1.51 bits per heavy atom. The topological polar surface area (TPSA) is 269 Å². The summed E-state index contributed by atoms with van der Waals surface area (Å²) < 4.78 is 0. The van der Waals surface area contributed by atoms with E-state index >= 15 is 0 Å². The molecule has 0 bridgehead atoms. The van der Waals surface area contributed by atoms with Gasteiger partial charge < -0.3 is 15.8 Å². The molecule has 2 N–H and O–H groups in total. The van der Waals surface area contributed by atoms with Crippen LogP contribution in [-0.2, 0) is 0 Å². The fourth-order valence-electron chi connectivity index (χ4n) is 3.47. The van der Waals surface area contributed by atoms with E-state index in [1.54, 1.807) is 13.8 Å². The molecule has 2 aromatic carbocycles. The van der Waals surface area contributed by atoms with Crippen LogP contribution in [0, 0.1) is 45.7 Å². The Labute approximate surface area is 230 Å². The van der Waals surface area contributed by atoms with Gasteiger partial charge in [0.2, 0.25) is 0 Å². The molecule has 0 fully saturated rings. The first-order valence-corrected chi connectivity index (χ1v) is 12.0. The average Bonchev–Trinajstić information content (AvgIpc) is 2.91. The van der Waals surface area contributed by atoms with E-state index in [4.69, 9.17) is 0 Å². The van der Waals surface area contributed by atoms with Crippen LogP contribution >= 0.6 is 0 Å². The number of carbonyl (C=O) groups excluding carboxylic acids is 2. The van der Waals surface area contributed by atoms with Gasteiger partial charge in [0.1, 0.15) is 5.56 Å². The third kappa shape index (κ3) is 7.71. The summed E-state index contributed by atoms with van der Waals surface area (Å²) in [4.78, 5) is 67.2. The normalized spacial score (nSPS) is 11.0. The summed E-state index contributed by atoms with van der Waals surface area (Å²) in [5.74, 6) is -2.27. The molecule has 0 spiro atoms. The monoisotopic (exact) mass is 576 g/mol. The van der Waals surface area contributed by atoms with Gasteiger partial charge in [-0.1, -0.05) is 26.7 Å². The molecule has 41 heavy (non-hydrogen) atoms. The van der Waals surface area contributed by atoms with Crippen molar-refractivity contribution in [3.63, 3.8) is 0 Å². The molecule has 0 aliphatic carbocycles. The van der Waals surface area contributed by atoms with Gasteiger partial charge in [-0.15, -0.1) is 0 Å². The van der Waals surface area contributed by atoms with Gasteiger partial charge in [0.15, 0.2) is 11.3 Å². The number of non-ortho nitro benzene ring substituents is 2. The maximum absolute atomic E-state index is 13.3. The second-order valence-corrected chi connectivity index (χ2v) is 8.34. The van der Waals surface area contributed by atoms with Crippen molar-refractivity contribution in [3.8, 4) is 0 Å². The molecule has 0 unspecified atom stereocenters. The Morgan fingerprint density at radius 1 is 0.659 bits per heavy atom. The molecule has 0 saturated heterocycles. The molecule has 0 heterocycles. The van der Waals surface area contributed by atoms with Crippen molar-refractivity contribution in [2.75, 3.05) is 13.1 Å². The zero-order chi connectivity index (χ0) is 30.9. The van der Waals surface area contributed by atoms with Gasteiger partial charge in [0, 0.05) is 24.3 Å². The molecule has 0 saturated carbocycles. The van der Waals surface area contributed by atoms with E-state index in [9.17, 15) is 55.3 Å². The first-order chi connectivity index (χ1) is 19.3. The number of rotatable bonds is 14. The van der Waals surface area contributed by atoms with E-state index in [0.717, 1.165) is 0 Å². The summed E-state index contributed by atoms with van der Waals surface area (Å²) in [7, 11) is 0. The third-order valence-corrected chi connectivity index (χ3v) is 5.47. The highest BCUT2D eigenvalue weighted by Crippen LogP contribution is 2.38. The lowest BCUT2D eigenvalue weighted by atomic mass is 10.1. The fourth-order valence-corrected chi connectivity index (χ4v) is 3.47. The molecule has 2 rings (SSSR count). The maximum Gasteiger partial charge on any atom is 0.295 e. The number of azo groups is 1. The van der Waals surface area contributed by atoms with Gasteiger partial charge in [0.25, 0.3) is 40.3 Å². The van der Waals surface area contributed by atoms with Crippen LogP contribution in [0.5, 0.6) is 0 Å². The van der Waals surface area contributed by atoms with E-state index in [1.807, 2.05) is 0 Å². The molecule has 0 aliphatic heterocycles. The van der Waals surface area contributed by atoms with E-state index in [0.29, 0.717) is 49.9 Å². The van der Waals surface area contributed by atoms with E-state index < -0.39 is 81.6 Å².